The number of hydrogen-bond acceptors (Lipinski definition) is 4. The second-order valence-electron chi connectivity index (χ2n) is 5.54. The summed E-state index contributed by atoms with van der Waals surface area (Å²) in [5.41, 5.74) is 2.30. The van der Waals surface area contributed by atoms with E-state index in [2.05, 4.69) is 23.7 Å². The topological polar surface area (TPSA) is 33.7 Å². The van der Waals surface area contributed by atoms with Crippen molar-refractivity contribution >= 4 is 24.8 Å². The largest absolute Gasteiger partial charge is 0.496 e. The number of halogens is 2. The first-order valence-corrected chi connectivity index (χ1v) is 7.47. The van der Waals surface area contributed by atoms with Crippen LogP contribution in [0.5, 0.6) is 11.5 Å². The van der Waals surface area contributed by atoms with Crippen molar-refractivity contribution in [1.29, 1.82) is 0 Å². The number of hydrogen-bond donors (Lipinski definition) is 1. The summed E-state index contributed by atoms with van der Waals surface area (Å²) >= 11 is 0. The molecule has 132 valence electrons. The van der Waals surface area contributed by atoms with E-state index in [0.717, 1.165) is 49.7 Å². The van der Waals surface area contributed by atoms with Crippen LogP contribution in [0.4, 0.5) is 0 Å². The average Bonchev–Trinajstić information content (AvgIpc) is 2.52. The molecule has 1 heterocycles. The molecule has 0 spiro atoms. The molecule has 0 aliphatic carbocycles. The van der Waals surface area contributed by atoms with Crippen molar-refractivity contribution in [2.45, 2.75) is 19.4 Å². The molecule has 0 bridgehead atoms. The lowest BCUT2D eigenvalue weighted by atomic mass is 9.96. The van der Waals surface area contributed by atoms with Gasteiger partial charge in [-0.25, -0.2) is 0 Å². The van der Waals surface area contributed by atoms with Gasteiger partial charge in [0.1, 0.15) is 11.5 Å². The smallest absolute Gasteiger partial charge is 0.127 e. The summed E-state index contributed by atoms with van der Waals surface area (Å²) in [6, 6.07) is 6.23. The first kappa shape index (κ1) is 22.1. The number of nitrogens with one attached hydrogen (secondary N) is 1. The number of ether oxygens (including phenoxy) is 2. The fourth-order valence-electron chi connectivity index (χ4n) is 2.95. The average molecular weight is 363 g/mol. The molecule has 23 heavy (non-hydrogen) atoms. The quantitative estimate of drug-likeness (QED) is 0.785. The lowest BCUT2D eigenvalue weighted by Gasteiger charge is -2.36. The van der Waals surface area contributed by atoms with Crippen molar-refractivity contribution in [2.75, 3.05) is 40.4 Å². The van der Waals surface area contributed by atoms with Gasteiger partial charge < -0.3 is 14.8 Å². The van der Waals surface area contributed by atoms with Crippen molar-refractivity contribution in [3.05, 3.63) is 35.9 Å². The Balaban J connectivity index is 0.00000242. The molecule has 0 amide bonds. The molecular formula is C17H28Cl2N2O2. The molecule has 1 aromatic rings. The van der Waals surface area contributed by atoms with Crippen molar-refractivity contribution in [1.82, 2.24) is 10.2 Å². The van der Waals surface area contributed by atoms with E-state index in [1.165, 1.54) is 5.57 Å². The molecular weight excluding hydrogens is 335 g/mol. The van der Waals surface area contributed by atoms with Gasteiger partial charge in [0.25, 0.3) is 0 Å². The third-order valence-electron chi connectivity index (χ3n) is 3.93. The molecule has 0 saturated carbocycles. The van der Waals surface area contributed by atoms with Gasteiger partial charge in [-0.15, -0.1) is 31.4 Å². The maximum absolute atomic E-state index is 5.59. The number of methoxy groups -OCH3 is 2. The summed E-state index contributed by atoms with van der Waals surface area (Å²) in [5, 5.41) is 3.40. The lowest BCUT2D eigenvalue weighted by Crippen LogP contribution is -2.45. The maximum Gasteiger partial charge on any atom is 0.127 e. The van der Waals surface area contributed by atoms with Crippen LogP contribution < -0.4 is 14.8 Å². The van der Waals surface area contributed by atoms with Gasteiger partial charge in [-0.2, -0.15) is 0 Å². The van der Waals surface area contributed by atoms with Gasteiger partial charge in [0, 0.05) is 32.2 Å². The highest BCUT2D eigenvalue weighted by Crippen LogP contribution is 2.40. The number of nitrogens with zero attached hydrogens (tertiary/aromatic N) is 1. The second-order valence-corrected chi connectivity index (χ2v) is 5.54. The Morgan fingerprint density at radius 1 is 1.17 bits per heavy atom. The summed E-state index contributed by atoms with van der Waals surface area (Å²) in [5.74, 6) is 1.78. The zero-order valence-corrected chi connectivity index (χ0v) is 15.8. The highest BCUT2D eigenvalue weighted by atomic mass is 35.5. The van der Waals surface area contributed by atoms with Crippen LogP contribution in [0.3, 0.4) is 0 Å². The van der Waals surface area contributed by atoms with E-state index in [1.807, 2.05) is 18.2 Å². The van der Waals surface area contributed by atoms with Gasteiger partial charge >= 0.3 is 0 Å². The summed E-state index contributed by atoms with van der Waals surface area (Å²) in [6.45, 7) is 10.3. The summed E-state index contributed by atoms with van der Waals surface area (Å²) < 4.78 is 11.2. The molecule has 1 N–H and O–H groups in total. The van der Waals surface area contributed by atoms with Gasteiger partial charge in [0.2, 0.25) is 0 Å². The Hall–Kier alpha value is -0.940. The normalized spacial score (nSPS) is 15.8. The third-order valence-corrected chi connectivity index (χ3v) is 3.93. The van der Waals surface area contributed by atoms with E-state index in [0.29, 0.717) is 0 Å². The third kappa shape index (κ3) is 5.57. The standard InChI is InChI=1S/C17H26N2O2.2ClH/c1-13(2)12-14(19-10-8-18-9-11-19)17-15(20-3)6-5-7-16(17)21-4;;/h5-7,14,18H,1,8-12H2,2-4H3;2*1H/t14-;;/m1../s1. The predicted octanol–water partition coefficient (Wildman–Crippen LogP) is 3.46. The molecule has 0 radical (unpaired) electrons. The second kappa shape index (κ2) is 10.8. The maximum atomic E-state index is 5.59. The Labute approximate surface area is 152 Å². The monoisotopic (exact) mass is 362 g/mol. The van der Waals surface area contributed by atoms with Gasteiger partial charge in [0.05, 0.1) is 19.8 Å². The molecule has 4 nitrogen and oxygen atoms in total. The van der Waals surface area contributed by atoms with Crippen LogP contribution >= 0.6 is 24.8 Å². The minimum absolute atomic E-state index is 0. The van der Waals surface area contributed by atoms with E-state index in [4.69, 9.17) is 9.47 Å². The van der Waals surface area contributed by atoms with Crippen molar-refractivity contribution in [2.24, 2.45) is 0 Å². The molecule has 0 aromatic heterocycles. The van der Waals surface area contributed by atoms with E-state index in [1.54, 1.807) is 14.2 Å². The summed E-state index contributed by atoms with van der Waals surface area (Å²) in [6.07, 6.45) is 0.913. The molecule has 6 heteroatoms. The summed E-state index contributed by atoms with van der Waals surface area (Å²) in [4.78, 5) is 2.49. The molecule has 1 saturated heterocycles. The van der Waals surface area contributed by atoms with Crippen molar-refractivity contribution in [3.63, 3.8) is 0 Å². The molecule has 1 aliphatic rings. The van der Waals surface area contributed by atoms with Crippen LogP contribution in [-0.2, 0) is 0 Å². The van der Waals surface area contributed by atoms with Crippen LogP contribution in [0.25, 0.3) is 0 Å². The van der Waals surface area contributed by atoms with Crippen LogP contribution in [0, 0.1) is 0 Å². The molecule has 1 atom stereocenters. The SMILES string of the molecule is C=C(C)C[C@H](c1c(OC)cccc1OC)N1CCNCC1.Cl.Cl. The van der Waals surface area contributed by atoms with Gasteiger partial charge in [0.15, 0.2) is 0 Å². The van der Waals surface area contributed by atoms with Gasteiger partial charge in [-0.1, -0.05) is 11.6 Å². The first-order chi connectivity index (χ1) is 10.2. The van der Waals surface area contributed by atoms with Crippen molar-refractivity contribution < 1.29 is 9.47 Å². The number of piperazine rings is 1. The fourth-order valence-corrected chi connectivity index (χ4v) is 2.95. The minimum Gasteiger partial charge on any atom is -0.496 e. The Bertz CT molecular complexity index is 469. The molecule has 1 fully saturated rings. The van der Waals surface area contributed by atoms with E-state index in [9.17, 15) is 0 Å². The lowest BCUT2D eigenvalue weighted by molar-refractivity contribution is 0.166. The molecule has 1 aromatic carbocycles. The van der Waals surface area contributed by atoms with E-state index >= 15 is 0 Å². The van der Waals surface area contributed by atoms with E-state index < -0.39 is 0 Å². The molecule has 2 rings (SSSR count). The molecule has 0 unspecified atom stereocenters. The van der Waals surface area contributed by atoms with E-state index in [-0.39, 0.29) is 30.9 Å². The minimum atomic E-state index is 0. The van der Waals surface area contributed by atoms with Crippen LogP contribution in [-0.4, -0.2) is 45.3 Å². The van der Waals surface area contributed by atoms with Crippen molar-refractivity contribution in [3.8, 4) is 11.5 Å². The summed E-state index contributed by atoms with van der Waals surface area (Å²) in [7, 11) is 3.43. The number of benzene rings is 1. The Morgan fingerprint density at radius 3 is 2.13 bits per heavy atom. The van der Waals surface area contributed by atoms with Crippen LogP contribution in [0.2, 0.25) is 0 Å². The van der Waals surface area contributed by atoms with Gasteiger partial charge in [-0.3, -0.25) is 4.90 Å². The zero-order valence-electron chi connectivity index (χ0n) is 14.1. The predicted molar refractivity (Wildman–Crippen MR) is 101 cm³/mol. The Morgan fingerprint density at radius 2 is 1.70 bits per heavy atom. The highest BCUT2D eigenvalue weighted by molar-refractivity contribution is 5.85. The Kier molecular flexibility index (Phi) is 10.3. The molecule has 1 aliphatic heterocycles. The number of rotatable bonds is 6. The van der Waals surface area contributed by atoms with Crippen LogP contribution in [0.15, 0.2) is 30.4 Å². The first-order valence-electron chi connectivity index (χ1n) is 7.47. The fraction of sp³-hybridized carbons (Fsp3) is 0.529. The highest BCUT2D eigenvalue weighted by Gasteiger charge is 2.27. The van der Waals surface area contributed by atoms with Crippen LogP contribution in [0.1, 0.15) is 24.9 Å². The van der Waals surface area contributed by atoms with Gasteiger partial charge in [-0.05, 0) is 25.5 Å². The zero-order chi connectivity index (χ0) is 15.2.